The molecule has 16 heteroatoms. The van der Waals surface area contributed by atoms with Gasteiger partial charge < -0.3 is 18.6 Å². The average molecular weight is 687 g/mol. The molecule has 0 aliphatic heterocycles. The van der Waals surface area contributed by atoms with Gasteiger partial charge in [-0.1, -0.05) is 18.2 Å². The van der Waals surface area contributed by atoms with Gasteiger partial charge in [0.1, 0.15) is 35.8 Å². The Bertz CT molecular complexity index is 1740. The van der Waals surface area contributed by atoms with Crippen molar-refractivity contribution in [3.8, 4) is 22.3 Å². The number of thiophene rings is 1. The highest BCUT2D eigenvalue weighted by atomic mass is 79.9. The van der Waals surface area contributed by atoms with Crippen LogP contribution in [-0.2, 0) is 22.7 Å². The standard InChI is InChI=1S/C27H20BrF5N4O5S/c1-2-39-26(38)22(42-24-19-20(28)23(17-7-8-18(29)41-17)43-25(19)35-13-34-24)21(30)15-5-3-4-6-16(15)40-11-14-9-10-36-37(14)12-27(31,32)33/h3-10,13,21-22H,2,11-12H2,1H3/t21-,22+/m1/s1. The fraction of sp³-hybridized carbons (Fsp3) is 0.259. The first-order valence-electron chi connectivity index (χ1n) is 12.5. The molecule has 1 aromatic carbocycles. The molecule has 0 saturated heterocycles. The molecule has 4 aromatic heterocycles. The molecule has 0 aliphatic carbocycles. The van der Waals surface area contributed by atoms with Crippen LogP contribution in [0.5, 0.6) is 11.6 Å². The van der Waals surface area contributed by atoms with Gasteiger partial charge in [-0.2, -0.15) is 22.7 Å². The number of benzene rings is 1. The molecule has 2 atom stereocenters. The number of ether oxygens (including phenoxy) is 3. The molecule has 0 spiro atoms. The lowest BCUT2D eigenvalue weighted by molar-refractivity contribution is -0.155. The van der Waals surface area contributed by atoms with E-state index < -0.39 is 37.0 Å². The second-order valence-electron chi connectivity index (χ2n) is 8.82. The number of nitrogens with zero attached hydrogens (tertiary/aromatic N) is 4. The summed E-state index contributed by atoms with van der Waals surface area (Å²) in [7, 11) is 0. The SMILES string of the molecule is CCOC(=O)[C@@H](Oc1ncnc2sc(-c3ccc(F)o3)c(Br)c12)[C@H](F)c1ccccc1OCc1ccnn1CC(F)(F)F. The molecule has 0 saturated carbocycles. The zero-order chi connectivity index (χ0) is 30.7. The van der Waals surface area contributed by atoms with Crippen LogP contribution in [0.25, 0.3) is 20.9 Å². The summed E-state index contributed by atoms with van der Waals surface area (Å²) in [5.74, 6) is -1.05. The lowest BCUT2D eigenvalue weighted by Crippen LogP contribution is -2.34. The van der Waals surface area contributed by atoms with Gasteiger partial charge in [0, 0.05) is 17.8 Å². The van der Waals surface area contributed by atoms with Crippen LogP contribution in [0.1, 0.15) is 24.4 Å². The number of furan rings is 1. The summed E-state index contributed by atoms with van der Waals surface area (Å²) >= 11 is 4.55. The Morgan fingerprint density at radius 1 is 1.16 bits per heavy atom. The largest absolute Gasteiger partial charge is 0.487 e. The summed E-state index contributed by atoms with van der Waals surface area (Å²) in [6, 6.07) is 8.90. The summed E-state index contributed by atoms with van der Waals surface area (Å²) in [6.07, 6.45) is -6.21. The monoisotopic (exact) mass is 686 g/mol. The number of alkyl halides is 4. The Kier molecular flexibility index (Phi) is 8.96. The minimum atomic E-state index is -4.51. The molecule has 0 fully saturated rings. The summed E-state index contributed by atoms with van der Waals surface area (Å²) < 4.78 is 91.3. The van der Waals surface area contributed by atoms with E-state index in [1.165, 1.54) is 49.5 Å². The Morgan fingerprint density at radius 3 is 2.67 bits per heavy atom. The third-order valence-electron chi connectivity index (χ3n) is 5.94. The van der Waals surface area contributed by atoms with Crippen LogP contribution < -0.4 is 9.47 Å². The first-order chi connectivity index (χ1) is 20.6. The van der Waals surface area contributed by atoms with Crippen LogP contribution in [0, 0.1) is 6.01 Å². The number of hydrogen-bond acceptors (Lipinski definition) is 9. The van der Waals surface area contributed by atoms with Gasteiger partial charge in [0.2, 0.25) is 12.0 Å². The van der Waals surface area contributed by atoms with Crippen molar-refractivity contribution < 1.29 is 45.4 Å². The first-order valence-corrected chi connectivity index (χ1v) is 14.1. The van der Waals surface area contributed by atoms with Gasteiger partial charge in [-0.3, -0.25) is 4.68 Å². The Hall–Kier alpha value is -4.05. The number of esters is 1. The van der Waals surface area contributed by atoms with E-state index in [4.69, 9.17) is 18.6 Å². The fourth-order valence-corrected chi connectivity index (χ4v) is 5.99. The molecule has 0 N–H and O–H groups in total. The minimum Gasteiger partial charge on any atom is -0.487 e. The molecule has 0 aliphatic rings. The van der Waals surface area contributed by atoms with Crippen LogP contribution in [-0.4, -0.2) is 44.6 Å². The zero-order valence-corrected chi connectivity index (χ0v) is 24.4. The van der Waals surface area contributed by atoms with Crippen molar-refractivity contribution in [1.29, 1.82) is 0 Å². The fourth-order valence-electron chi connectivity index (χ4n) is 4.08. The number of rotatable bonds is 11. The predicted octanol–water partition coefficient (Wildman–Crippen LogP) is 7.21. The lowest BCUT2D eigenvalue weighted by atomic mass is 10.0. The second kappa shape index (κ2) is 12.7. The smallest absolute Gasteiger partial charge is 0.408 e. The van der Waals surface area contributed by atoms with Gasteiger partial charge >= 0.3 is 12.1 Å². The van der Waals surface area contributed by atoms with E-state index >= 15 is 4.39 Å². The number of hydrogen-bond donors (Lipinski definition) is 0. The molecule has 43 heavy (non-hydrogen) atoms. The van der Waals surface area contributed by atoms with E-state index in [9.17, 15) is 22.4 Å². The number of fused-ring (bicyclic) bond motifs is 1. The molecule has 5 aromatic rings. The molecular weight excluding hydrogens is 667 g/mol. The first kappa shape index (κ1) is 30.4. The van der Waals surface area contributed by atoms with Crippen LogP contribution in [0.15, 0.2) is 63.9 Å². The summed E-state index contributed by atoms with van der Waals surface area (Å²) in [5.41, 5.74) is -0.0254. The molecule has 5 rings (SSSR count). The van der Waals surface area contributed by atoms with Crippen molar-refractivity contribution in [1.82, 2.24) is 19.7 Å². The predicted molar refractivity (Wildman–Crippen MR) is 147 cm³/mol. The highest BCUT2D eigenvalue weighted by Crippen LogP contribution is 2.45. The summed E-state index contributed by atoms with van der Waals surface area (Å²) in [6.45, 7) is -0.235. The van der Waals surface area contributed by atoms with Crippen molar-refractivity contribution in [3.63, 3.8) is 0 Å². The molecular formula is C27H20BrF5N4O5S. The third kappa shape index (κ3) is 6.80. The van der Waals surface area contributed by atoms with Crippen molar-refractivity contribution in [2.75, 3.05) is 6.61 Å². The van der Waals surface area contributed by atoms with Crippen molar-refractivity contribution in [3.05, 3.63) is 76.7 Å². The molecule has 0 amide bonds. The number of para-hydroxylation sites is 1. The molecule has 0 bridgehead atoms. The summed E-state index contributed by atoms with van der Waals surface area (Å²) in [4.78, 5) is 22.1. The van der Waals surface area contributed by atoms with E-state index in [0.717, 1.165) is 28.4 Å². The topological polar surface area (TPSA) is 102 Å². The number of aromatic nitrogens is 4. The quantitative estimate of drug-likeness (QED) is 0.106. The maximum atomic E-state index is 16.3. The van der Waals surface area contributed by atoms with E-state index in [2.05, 4.69) is 31.0 Å². The van der Waals surface area contributed by atoms with Crippen LogP contribution in [0.2, 0.25) is 0 Å². The number of carbonyl (C=O) groups excluding carboxylic acids is 1. The van der Waals surface area contributed by atoms with Gasteiger partial charge in [0.05, 0.1) is 27.0 Å². The van der Waals surface area contributed by atoms with Crippen molar-refractivity contribution >= 4 is 43.5 Å². The van der Waals surface area contributed by atoms with E-state index in [-0.39, 0.29) is 47.2 Å². The number of carbonyl (C=O) groups is 1. The maximum Gasteiger partial charge on any atom is 0.408 e. The second-order valence-corrected chi connectivity index (χ2v) is 10.6. The van der Waals surface area contributed by atoms with E-state index in [1.54, 1.807) is 0 Å². The van der Waals surface area contributed by atoms with E-state index in [0.29, 0.717) is 14.2 Å². The zero-order valence-electron chi connectivity index (χ0n) is 22.0. The van der Waals surface area contributed by atoms with E-state index in [1.807, 2.05) is 0 Å². The van der Waals surface area contributed by atoms with Gasteiger partial charge in [0.15, 0.2) is 6.17 Å². The Morgan fingerprint density at radius 2 is 1.95 bits per heavy atom. The minimum absolute atomic E-state index is 0.0423. The van der Waals surface area contributed by atoms with Gasteiger partial charge in [-0.15, -0.1) is 11.3 Å². The van der Waals surface area contributed by atoms with Gasteiger partial charge in [-0.25, -0.2) is 19.2 Å². The molecule has 0 radical (unpaired) electrons. The van der Waals surface area contributed by atoms with Crippen LogP contribution in [0.3, 0.4) is 0 Å². The highest BCUT2D eigenvalue weighted by Gasteiger charge is 2.37. The molecule has 0 unspecified atom stereocenters. The molecule has 226 valence electrons. The normalized spacial score (nSPS) is 13.2. The molecule has 4 heterocycles. The maximum absolute atomic E-state index is 16.3. The lowest BCUT2D eigenvalue weighted by Gasteiger charge is -2.23. The van der Waals surface area contributed by atoms with Crippen molar-refractivity contribution in [2.24, 2.45) is 0 Å². The van der Waals surface area contributed by atoms with Gasteiger partial charge in [0.25, 0.3) is 6.01 Å². The van der Waals surface area contributed by atoms with Crippen LogP contribution in [0.4, 0.5) is 22.0 Å². The Labute approximate surface area is 252 Å². The van der Waals surface area contributed by atoms with Crippen LogP contribution >= 0.6 is 27.3 Å². The average Bonchev–Trinajstić information content (AvgIpc) is 3.68. The molecule has 9 nitrogen and oxygen atoms in total. The third-order valence-corrected chi connectivity index (χ3v) is 8.11. The highest BCUT2D eigenvalue weighted by molar-refractivity contribution is 9.10. The summed E-state index contributed by atoms with van der Waals surface area (Å²) in [5, 5.41) is 3.95. The Balaban J connectivity index is 1.45. The number of halogens is 6. The van der Waals surface area contributed by atoms with Gasteiger partial charge in [-0.05, 0) is 41.1 Å². The van der Waals surface area contributed by atoms with Crippen molar-refractivity contribution in [2.45, 2.75) is 38.5 Å².